The van der Waals surface area contributed by atoms with Crippen LogP contribution in [0.3, 0.4) is 0 Å². The minimum absolute atomic E-state index is 0.0341. The fraction of sp³-hybridized carbons (Fsp3) is 0.300. The molecule has 134 valence electrons. The SMILES string of the molecule is C[C@H](C(=O)Nc1cccc(C#N)c1)[NH+]1CCN(c2ccc(O)cc2)CC1. The summed E-state index contributed by atoms with van der Waals surface area (Å²) in [7, 11) is 0. The average Bonchev–Trinajstić information content (AvgIpc) is 2.68. The first kappa shape index (κ1) is 17.8. The second-order valence-corrected chi connectivity index (χ2v) is 6.57. The first-order valence-electron chi connectivity index (χ1n) is 8.76. The van der Waals surface area contributed by atoms with Crippen molar-refractivity contribution in [1.29, 1.82) is 5.26 Å². The minimum atomic E-state index is -0.164. The Labute approximate surface area is 153 Å². The van der Waals surface area contributed by atoms with Crippen LogP contribution in [0.15, 0.2) is 48.5 Å². The van der Waals surface area contributed by atoms with Crippen LogP contribution in [0.2, 0.25) is 0 Å². The quantitative estimate of drug-likeness (QED) is 0.768. The van der Waals surface area contributed by atoms with E-state index in [2.05, 4.69) is 16.3 Å². The summed E-state index contributed by atoms with van der Waals surface area (Å²) in [6.07, 6.45) is 0. The van der Waals surface area contributed by atoms with Crippen molar-refractivity contribution < 1.29 is 14.8 Å². The molecule has 0 aromatic heterocycles. The molecule has 1 saturated heterocycles. The molecule has 0 unspecified atom stereocenters. The summed E-state index contributed by atoms with van der Waals surface area (Å²) in [5, 5.41) is 21.3. The number of quaternary nitrogens is 1. The Morgan fingerprint density at radius 2 is 1.92 bits per heavy atom. The molecule has 3 rings (SSSR count). The molecular weight excluding hydrogens is 328 g/mol. The van der Waals surface area contributed by atoms with Gasteiger partial charge in [-0.1, -0.05) is 6.07 Å². The molecule has 6 nitrogen and oxygen atoms in total. The highest BCUT2D eigenvalue weighted by Gasteiger charge is 2.29. The van der Waals surface area contributed by atoms with E-state index in [-0.39, 0.29) is 17.7 Å². The molecule has 0 saturated carbocycles. The molecule has 1 fully saturated rings. The maximum absolute atomic E-state index is 12.5. The number of nitrogens with zero attached hydrogens (tertiary/aromatic N) is 2. The number of nitriles is 1. The van der Waals surface area contributed by atoms with Gasteiger partial charge in [-0.2, -0.15) is 5.26 Å². The number of phenols is 1. The Kier molecular flexibility index (Phi) is 5.40. The van der Waals surface area contributed by atoms with Gasteiger partial charge in [-0.15, -0.1) is 0 Å². The van der Waals surface area contributed by atoms with E-state index in [0.717, 1.165) is 31.9 Å². The lowest BCUT2D eigenvalue weighted by atomic mass is 10.1. The van der Waals surface area contributed by atoms with Gasteiger partial charge in [0.25, 0.3) is 5.91 Å². The van der Waals surface area contributed by atoms with Crippen molar-refractivity contribution in [3.63, 3.8) is 0 Å². The van der Waals surface area contributed by atoms with E-state index in [9.17, 15) is 9.90 Å². The van der Waals surface area contributed by atoms with Gasteiger partial charge in [-0.05, 0) is 49.4 Å². The predicted octanol–water partition coefficient (Wildman–Crippen LogP) is 0.996. The molecule has 0 aliphatic carbocycles. The fourth-order valence-electron chi connectivity index (χ4n) is 3.25. The van der Waals surface area contributed by atoms with Gasteiger partial charge >= 0.3 is 0 Å². The Morgan fingerprint density at radius 3 is 2.58 bits per heavy atom. The molecule has 0 spiro atoms. The van der Waals surface area contributed by atoms with Gasteiger partial charge in [0.05, 0.1) is 37.8 Å². The highest BCUT2D eigenvalue weighted by atomic mass is 16.3. The summed E-state index contributed by atoms with van der Waals surface area (Å²) in [5.74, 6) is 0.233. The van der Waals surface area contributed by atoms with Gasteiger partial charge < -0.3 is 20.2 Å². The second-order valence-electron chi connectivity index (χ2n) is 6.57. The van der Waals surface area contributed by atoms with E-state index >= 15 is 0 Å². The lowest BCUT2D eigenvalue weighted by Crippen LogP contribution is -3.19. The Hall–Kier alpha value is -3.04. The van der Waals surface area contributed by atoms with Crippen LogP contribution >= 0.6 is 0 Å². The summed E-state index contributed by atoms with van der Waals surface area (Å²) in [6.45, 7) is 5.40. The number of rotatable bonds is 4. The number of hydrogen-bond donors (Lipinski definition) is 3. The van der Waals surface area contributed by atoms with Gasteiger partial charge in [0.1, 0.15) is 5.75 Å². The number of amides is 1. The molecule has 1 heterocycles. The molecule has 1 amide bonds. The van der Waals surface area contributed by atoms with E-state index < -0.39 is 0 Å². The summed E-state index contributed by atoms with van der Waals surface area (Å²) in [5.41, 5.74) is 2.28. The first-order valence-corrected chi connectivity index (χ1v) is 8.76. The zero-order valence-corrected chi connectivity index (χ0v) is 14.8. The zero-order valence-electron chi connectivity index (χ0n) is 14.8. The van der Waals surface area contributed by atoms with Crippen molar-refractivity contribution >= 4 is 17.3 Å². The third-order valence-corrected chi connectivity index (χ3v) is 4.89. The number of phenolic OH excluding ortho intramolecular Hbond substituents is 1. The Balaban J connectivity index is 1.55. The number of carbonyl (C=O) groups is 1. The topological polar surface area (TPSA) is 80.8 Å². The summed E-state index contributed by atoms with van der Waals surface area (Å²) >= 11 is 0. The molecule has 1 atom stereocenters. The number of benzene rings is 2. The smallest absolute Gasteiger partial charge is 0.282 e. The Bertz CT molecular complexity index is 805. The largest absolute Gasteiger partial charge is 0.508 e. The molecule has 2 aromatic rings. The molecular formula is C20H23N4O2+. The number of anilines is 2. The zero-order chi connectivity index (χ0) is 18.5. The van der Waals surface area contributed by atoms with Crippen LogP contribution < -0.4 is 15.1 Å². The number of piperazine rings is 1. The van der Waals surface area contributed by atoms with E-state index in [0.29, 0.717) is 11.3 Å². The molecule has 26 heavy (non-hydrogen) atoms. The maximum atomic E-state index is 12.5. The maximum Gasteiger partial charge on any atom is 0.282 e. The third kappa shape index (κ3) is 4.13. The van der Waals surface area contributed by atoms with Crippen LogP contribution in [0, 0.1) is 11.3 Å². The van der Waals surface area contributed by atoms with Gasteiger partial charge in [0.15, 0.2) is 6.04 Å². The molecule has 1 aliphatic rings. The minimum Gasteiger partial charge on any atom is -0.508 e. The normalized spacial score (nSPS) is 15.9. The number of carbonyl (C=O) groups excluding carboxylic acids is 1. The summed E-state index contributed by atoms with van der Waals surface area (Å²) in [4.78, 5) is 16.1. The summed E-state index contributed by atoms with van der Waals surface area (Å²) in [6, 6.07) is 16.1. The lowest BCUT2D eigenvalue weighted by Gasteiger charge is -2.36. The third-order valence-electron chi connectivity index (χ3n) is 4.89. The fourth-order valence-corrected chi connectivity index (χ4v) is 3.25. The molecule has 3 N–H and O–H groups in total. The molecule has 0 bridgehead atoms. The van der Waals surface area contributed by atoms with Crippen molar-refractivity contribution in [3.05, 3.63) is 54.1 Å². The van der Waals surface area contributed by atoms with E-state index in [4.69, 9.17) is 5.26 Å². The first-order chi connectivity index (χ1) is 12.6. The monoisotopic (exact) mass is 351 g/mol. The highest BCUT2D eigenvalue weighted by molar-refractivity contribution is 5.93. The van der Waals surface area contributed by atoms with E-state index in [1.807, 2.05) is 19.1 Å². The van der Waals surface area contributed by atoms with Gasteiger partial charge in [0.2, 0.25) is 0 Å². The highest BCUT2D eigenvalue weighted by Crippen LogP contribution is 2.18. The van der Waals surface area contributed by atoms with E-state index in [1.165, 1.54) is 4.90 Å². The molecule has 2 aromatic carbocycles. The molecule has 1 aliphatic heterocycles. The van der Waals surface area contributed by atoms with Crippen molar-refractivity contribution in [1.82, 2.24) is 0 Å². The number of aromatic hydroxyl groups is 1. The number of hydrogen-bond acceptors (Lipinski definition) is 4. The Morgan fingerprint density at radius 1 is 1.23 bits per heavy atom. The van der Waals surface area contributed by atoms with Gasteiger partial charge in [-0.3, -0.25) is 4.79 Å². The van der Waals surface area contributed by atoms with Gasteiger partial charge in [0, 0.05) is 11.4 Å². The molecule has 6 heteroatoms. The van der Waals surface area contributed by atoms with Crippen molar-refractivity contribution in [2.75, 3.05) is 36.4 Å². The van der Waals surface area contributed by atoms with Crippen LogP contribution in [0.25, 0.3) is 0 Å². The van der Waals surface area contributed by atoms with Crippen LogP contribution in [0.1, 0.15) is 12.5 Å². The van der Waals surface area contributed by atoms with Crippen molar-refractivity contribution in [2.24, 2.45) is 0 Å². The van der Waals surface area contributed by atoms with E-state index in [1.54, 1.807) is 36.4 Å². The second kappa shape index (κ2) is 7.89. The molecule has 0 radical (unpaired) electrons. The van der Waals surface area contributed by atoms with Crippen molar-refractivity contribution in [3.8, 4) is 11.8 Å². The van der Waals surface area contributed by atoms with Crippen molar-refractivity contribution in [2.45, 2.75) is 13.0 Å². The number of nitrogens with one attached hydrogen (secondary N) is 2. The lowest BCUT2D eigenvalue weighted by molar-refractivity contribution is -0.914. The predicted molar refractivity (Wildman–Crippen MR) is 100 cm³/mol. The van der Waals surface area contributed by atoms with Crippen LogP contribution in [-0.2, 0) is 4.79 Å². The van der Waals surface area contributed by atoms with Crippen LogP contribution in [0.5, 0.6) is 5.75 Å². The van der Waals surface area contributed by atoms with Gasteiger partial charge in [-0.25, -0.2) is 0 Å². The van der Waals surface area contributed by atoms with Crippen LogP contribution in [0.4, 0.5) is 11.4 Å². The van der Waals surface area contributed by atoms with Crippen LogP contribution in [-0.4, -0.2) is 43.2 Å². The summed E-state index contributed by atoms with van der Waals surface area (Å²) < 4.78 is 0. The average molecular weight is 351 g/mol. The standard InChI is InChI=1S/C20H22N4O2/c1-15(20(26)22-17-4-2-3-16(13-17)14-21)23-9-11-24(12-10-23)18-5-7-19(25)8-6-18/h2-8,13,15,25H,9-12H2,1H3,(H,22,26)/p+1/t15-/m1/s1.